The SMILES string of the molecule is CC(C)(N)C(=O)NC1CCS(=O)(=O)C1. The first-order valence-electron chi connectivity index (χ1n) is 4.51. The summed E-state index contributed by atoms with van der Waals surface area (Å²) in [5.74, 6) is -0.114. The highest BCUT2D eigenvalue weighted by atomic mass is 32.2. The first-order chi connectivity index (χ1) is 6.21. The number of hydrogen-bond acceptors (Lipinski definition) is 4. The molecule has 0 radical (unpaired) electrons. The summed E-state index contributed by atoms with van der Waals surface area (Å²) in [6, 6.07) is -0.268. The molecule has 14 heavy (non-hydrogen) atoms. The molecule has 1 rings (SSSR count). The van der Waals surface area contributed by atoms with Crippen molar-refractivity contribution in [3.8, 4) is 0 Å². The monoisotopic (exact) mass is 220 g/mol. The summed E-state index contributed by atoms with van der Waals surface area (Å²) in [4.78, 5) is 11.4. The number of hydrogen-bond donors (Lipinski definition) is 2. The van der Waals surface area contributed by atoms with Gasteiger partial charge in [0, 0.05) is 6.04 Å². The minimum Gasteiger partial charge on any atom is -0.351 e. The molecule has 1 saturated heterocycles. The Morgan fingerprint density at radius 1 is 1.50 bits per heavy atom. The van der Waals surface area contributed by atoms with Crippen LogP contribution in [0.4, 0.5) is 0 Å². The van der Waals surface area contributed by atoms with Gasteiger partial charge in [0.2, 0.25) is 5.91 Å². The molecular formula is C8H16N2O3S. The van der Waals surface area contributed by atoms with E-state index in [0.29, 0.717) is 6.42 Å². The summed E-state index contributed by atoms with van der Waals surface area (Å²) in [5.41, 5.74) is 4.61. The molecule has 3 N–H and O–H groups in total. The van der Waals surface area contributed by atoms with Crippen molar-refractivity contribution in [1.82, 2.24) is 5.32 Å². The number of carbonyl (C=O) groups is 1. The zero-order valence-corrected chi connectivity index (χ0v) is 9.23. The Kier molecular flexibility index (Phi) is 2.87. The lowest BCUT2D eigenvalue weighted by Gasteiger charge is -2.20. The second-order valence-corrected chi connectivity index (χ2v) is 6.52. The molecule has 1 heterocycles. The molecule has 0 bridgehead atoms. The second-order valence-electron chi connectivity index (χ2n) is 4.30. The molecule has 5 nitrogen and oxygen atoms in total. The van der Waals surface area contributed by atoms with Crippen LogP contribution in [0.2, 0.25) is 0 Å². The Balaban J connectivity index is 2.53. The van der Waals surface area contributed by atoms with Crippen LogP contribution in [0.3, 0.4) is 0 Å². The molecule has 0 saturated carbocycles. The molecule has 6 heteroatoms. The van der Waals surface area contributed by atoms with E-state index in [4.69, 9.17) is 5.73 Å². The van der Waals surface area contributed by atoms with Crippen LogP contribution in [0.5, 0.6) is 0 Å². The largest absolute Gasteiger partial charge is 0.351 e. The molecule has 1 atom stereocenters. The van der Waals surface area contributed by atoms with E-state index < -0.39 is 15.4 Å². The Morgan fingerprint density at radius 3 is 2.43 bits per heavy atom. The minimum absolute atomic E-state index is 0.0365. The maximum absolute atomic E-state index is 11.4. The molecule has 0 aromatic heterocycles. The van der Waals surface area contributed by atoms with Crippen molar-refractivity contribution < 1.29 is 13.2 Å². The average Bonchev–Trinajstić information content (AvgIpc) is 2.28. The second kappa shape index (κ2) is 3.51. The maximum Gasteiger partial charge on any atom is 0.239 e. The van der Waals surface area contributed by atoms with E-state index in [9.17, 15) is 13.2 Å². The fraction of sp³-hybridized carbons (Fsp3) is 0.875. The van der Waals surface area contributed by atoms with Crippen LogP contribution < -0.4 is 11.1 Å². The van der Waals surface area contributed by atoms with Gasteiger partial charge >= 0.3 is 0 Å². The van der Waals surface area contributed by atoms with Gasteiger partial charge in [-0.15, -0.1) is 0 Å². The van der Waals surface area contributed by atoms with Crippen LogP contribution in [-0.4, -0.2) is 37.4 Å². The van der Waals surface area contributed by atoms with Gasteiger partial charge in [-0.1, -0.05) is 0 Å². The molecule has 0 aliphatic carbocycles. The Labute approximate surface area is 84.0 Å². The van der Waals surface area contributed by atoms with E-state index in [-0.39, 0.29) is 23.5 Å². The van der Waals surface area contributed by atoms with Gasteiger partial charge < -0.3 is 11.1 Å². The highest BCUT2D eigenvalue weighted by Crippen LogP contribution is 2.12. The summed E-state index contributed by atoms with van der Waals surface area (Å²) in [6.07, 6.45) is 0.490. The van der Waals surface area contributed by atoms with Crippen LogP contribution in [0.25, 0.3) is 0 Å². The van der Waals surface area contributed by atoms with E-state index in [0.717, 1.165) is 0 Å². The van der Waals surface area contributed by atoms with Gasteiger partial charge in [0.15, 0.2) is 9.84 Å². The normalized spacial score (nSPS) is 26.1. The van der Waals surface area contributed by atoms with E-state index in [1.807, 2.05) is 0 Å². The molecule has 1 aliphatic heterocycles. The van der Waals surface area contributed by atoms with Crippen LogP contribution in [-0.2, 0) is 14.6 Å². The Bertz CT molecular complexity index is 329. The number of nitrogens with two attached hydrogens (primary N) is 1. The van der Waals surface area contributed by atoms with Crippen LogP contribution >= 0.6 is 0 Å². The standard InChI is InChI=1S/C8H16N2O3S/c1-8(2,9)7(11)10-6-3-4-14(12,13)5-6/h6H,3-5,9H2,1-2H3,(H,10,11). The molecule has 82 valence electrons. The summed E-state index contributed by atoms with van der Waals surface area (Å²) in [6.45, 7) is 3.18. The van der Waals surface area contributed by atoms with Crippen LogP contribution in [0, 0.1) is 0 Å². The average molecular weight is 220 g/mol. The third-order valence-corrected chi connectivity index (χ3v) is 3.92. The molecule has 1 unspecified atom stereocenters. The van der Waals surface area contributed by atoms with Crippen LogP contribution in [0.1, 0.15) is 20.3 Å². The highest BCUT2D eigenvalue weighted by Gasteiger charge is 2.31. The first kappa shape index (κ1) is 11.5. The predicted molar refractivity (Wildman–Crippen MR) is 53.5 cm³/mol. The number of carbonyl (C=O) groups excluding carboxylic acids is 1. The van der Waals surface area contributed by atoms with E-state index in [1.165, 1.54) is 0 Å². The van der Waals surface area contributed by atoms with Crippen molar-refractivity contribution >= 4 is 15.7 Å². The van der Waals surface area contributed by atoms with Gasteiger partial charge in [-0.25, -0.2) is 8.42 Å². The minimum atomic E-state index is -2.94. The molecular weight excluding hydrogens is 204 g/mol. The van der Waals surface area contributed by atoms with Crippen LogP contribution in [0.15, 0.2) is 0 Å². The Hall–Kier alpha value is -0.620. The third-order valence-electron chi connectivity index (χ3n) is 2.15. The quantitative estimate of drug-likeness (QED) is 0.626. The van der Waals surface area contributed by atoms with Gasteiger partial charge in [-0.3, -0.25) is 4.79 Å². The first-order valence-corrected chi connectivity index (χ1v) is 6.33. The number of sulfone groups is 1. The van der Waals surface area contributed by atoms with Crippen molar-refractivity contribution in [3.05, 3.63) is 0 Å². The molecule has 0 spiro atoms. The maximum atomic E-state index is 11.4. The summed E-state index contributed by atoms with van der Waals surface area (Å²) < 4.78 is 22.2. The van der Waals surface area contributed by atoms with Crippen molar-refractivity contribution in [2.24, 2.45) is 5.73 Å². The van der Waals surface area contributed by atoms with Crippen molar-refractivity contribution in [3.63, 3.8) is 0 Å². The lowest BCUT2D eigenvalue weighted by atomic mass is 10.1. The fourth-order valence-electron chi connectivity index (χ4n) is 1.28. The number of rotatable bonds is 2. The lowest BCUT2D eigenvalue weighted by Crippen LogP contribution is -2.52. The van der Waals surface area contributed by atoms with Crippen molar-refractivity contribution in [2.45, 2.75) is 31.8 Å². The van der Waals surface area contributed by atoms with Gasteiger partial charge in [0.1, 0.15) is 0 Å². The van der Waals surface area contributed by atoms with Crippen molar-refractivity contribution in [1.29, 1.82) is 0 Å². The summed E-state index contributed by atoms with van der Waals surface area (Å²) >= 11 is 0. The van der Waals surface area contributed by atoms with Gasteiger partial charge in [-0.05, 0) is 20.3 Å². The highest BCUT2D eigenvalue weighted by molar-refractivity contribution is 7.91. The van der Waals surface area contributed by atoms with E-state index >= 15 is 0 Å². The zero-order chi connectivity index (χ0) is 11.0. The molecule has 1 amide bonds. The number of amides is 1. The smallest absolute Gasteiger partial charge is 0.239 e. The third kappa shape index (κ3) is 2.95. The summed E-state index contributed by atoms with van der Waals surface area (Å²) in [7, 11) is -2.94. The lowest BCUT2D eigenvalue weighted by molar-refractivity contribution is -0.125. The summed E-state index contributed by atoms with van der Waals surface area (Å²) in [5, 5.41) is 2.63. The van der Waals surface area contributed by atoms with E-state index in [2.05, 4.69) is 5.32 Å². The molecule has 1 aliphatic rings. The van der Waals surface area contributed by atoms with E-state index in [1.54, 1.807) is 13.8 Å². The molecule has 0 aromatic rings. The molecule has 0 aromatic carbocycles. The number of nitrogens with one attached hydrogen (secondary N) is 1. The fourth-order valence-corrected chi connectivity index (χ4v) is 2.95. The van der Waals surface area contributed by atoms with Gasteiger partial charge in [0.25, 0.3) is 0 Å². The topological polar surface area (TPSA) is 89.3 Å². The molecule has 1 fully saturated rings. The zero-order valence-electron chi connectivity index (χ0n) is 8.41. The van der Waals surface area contributed by atoms with Gasteiger partial charge in [-0.2, -0.15) is 0 Å². The van der Waals surface area contributed by atoms with Gasteiger partial charge in [0.05, 0.1) is 17.0 Å². The Morgan fingerprint density at radius 2 is 2.07 bits per heavy atom. The van der Waals surface area contributed by atoms with Crippen molar-refractivity contribution in [2.75, 3.05) is 11.5 Å². The predicted octanol–water partition coefficient (Wildman–Crippen LogP) is -0.973.